The molecule has 0 radical (unpaired) electrons. The first kappa shape index (κ1) is 12.7. The van der Waals surface area contributed by atoms with Crippen LogP contribution in [0.2, 0.25) is 0 Å². The normalized spacial score (nSPS) is 21.3. The summed E-state index contributed by atoms with van der Waals surface area (Å²) in [7, 11) is 2.19. The van der Waals surface area contributed by atoms with Gasteiger partial charge < -0.3 is 15.1 Å². The van der Waals surface area contributed by atoms with Gasteiger partial charge in [-0.2, -0.15) is 0 Å². The molecule has 3 rings (SSSR count). The minimum atomic E-state index is 0.648. The molecule has 0 aromatic carbocycles. The number of aryl methyl sites for hydroxylation is 1. The van der Waals surface area contributed by atoms with E-state index in [4.69, 9.17) is 4.98 Å². The molecule has 0 spiro atoms. The molecule has 4 nitrogen and oxygen atoms in total. The van der Waals surface area contributed by atoms with Crippen LogP contribution in [-0.2, 0) is 0 Å². The van der Waals surface area contributed by atoms with E-state index in [1.54, 1.807) is 0 Å². The molecule has 1 saturated heterocycles. The zero-order valence-corrected chi connectivity index (χ0v) is 12.0. The molecule has 1 N–H and O–H groups in total. The van der Waals surface area contributed by atoms with Crippen LogP contribution in [0, 0.1) is 6.92 Å². The van der Waals surface area contributed by atoms with E-state index in [0.717, 1.165) is 37.8 Å². The van der Waals surface area contributed by atoms with E-state index in [0.29, 0.717) is 6.04 Å². The molecular weight excluding hydrogens is 236 g/mol. The van der Waals surface area contributed by atoms with Gasteiger partial charge in [-0.05, 0) is 50.9 Å². The van der Waals surface area contributed by atoms with Crippen LogP contribution in [0.5, 0.6) is 0 Å². The molecule has 1 aromatic heterocycles. The van der Waals surface area contributed by atoms with E-state index in [1.165, 1.54) is 24.8 Å². The number of aromatic nitrogens is 1. The maximum atomic E-state index is 4.80. The molecule has 1 aromatic rings. The molecule has 1 aliphatic carbocycles. The predicted molar refractivity (Wildman–Crippen MR) is 79.9 cm³/mol. The Labute approximate surface area is 115 Å². The van der Waals surface area contributed by atoms with E-state index in [9.17, 15) is 0 Å². The van der Waals surface area contributed by atoms with E-state index in [-0.39, 0.29) is 0 Å². The lowest BCUT2D eigenvalue weighted by atomic mass is 9.93. The lowest BCUT2D eigenvalue weighted by molar-refractivity contribution is 0.312. The molecule has 0 unspecified atom stereocenters. The van der Waals surface area contributed by atoms with Crippen LogP contribution in [0.25, 0.3) is 0 Å². The molecule has 0 atom stereocenters. The van der Waals surface area contributed by atoms with Crippen molar-refractivity contribution in [2.45, 2.75) is 32.2 Å². The van der Waals surface area contributed by atoms with Crippen molar-refractivity contribution in [2.75, 3.05) is 43.4 Å². The first-order valence-electron chi connectivity index (χ1n) is 7.39. The number of rotatable bonds is 3. The van der Waals surface area contributed by atoms with Gasteiger partial charge in [-0.1, -0.05) is 0 Å². The third kappa shape index (κ3) is 3.00. The first-order valence-corrected chi connectivity index (χ1v) is 7.39. The molecule has 0 amide bonds. The molecule has 2 heterocycles. The Balaban J connectivity index is 1.73. The van der Waals surface area contributed by atoms with Gasteiger partial charge in [0.2, 0.25) is 0 Å². The summed E-state index contributed by atoms with van der Waals surface area (Å²) in [6.07, 6.45) is 3.94. The van der Waals surface area contributed by atoms with Crippen LogP contribution in [-0.4, -0.2) is 49.2 Å². The van der Waals surface area contributed by atoms with Gasteiger partial charge in [-0.3, -0.25) is 0 Å². The molecule has 19 heavy (non-hydrogen) atoms. The second kappa shape index (κ2) is 5.37. The lowest BCUT2D eigenvalue weighted by Crippen LogP contribution is -2.44. The Morgan fingerprint density at radius 2 is 1.89 bits per heavy atom. The van der Waals surface area contributed by atoms with Crippen molar-refractivity contribution in [2.24, 2.45) is 0 Å². The van der Waals surface area contributed by atoms with Gasteiger partial charge in [0.1, 0.15) is 11.6 Å². The van der Waals surface area contributed by atoms with Gasteiger partial charge in [0, 0.05) is 32.2 Å². The molecule has 1 aliphatic heterocycles. The second-order valence-corrected chi connectivity index (χ2v) is 5.95. The van der Waals surface area contributed by atoms with Gasteiger partial charge in [0.05, 0.1) is 0 Å². The largest absolute Gasteiger partial charge is 0.367 e. The minimum absolute atomic E-state index is 0.648. The predicted octanol–water partition coefficient (Wildman–Crippen LogP) is 2.11. The van der Waals surface area contributed by atoms with Crippen molar-refractivity contribution in [1.29, 1.82) is 0 Å². The van der Waals surface area contributed by atoms with Gasteiger partial charge in [0.15, 0.2) is 0 Å². The Morgan fingerprint density at radius 3 is 2.53 bits per heavy atom. The molecule has 0 bridgehead atoms. The summed E-state index contributed by atoms with van der Waals surface area (Å²) in [5.74, 6) is 2.19. The maximum Gasteiger partial charge on any atom is 0.131 e. The van der Waals surface area contributed by atoms with E-state index < -0.39 is 0 Å². The average molecular weight is 260 g/mol. The second-order valence-electron chi connectivity index (χ2n) is 5.95. The van der Waals surface area contributed by atoms with Gasteiger partial charge in [-0.25, -0.2) is 4.98 Å². The number of hydrogen-bond donors (Lipinski definition) is 1. The van der Waals surface area contributed by atoms with Gasteiger partial charge in [-0.15, -0.1) is 0 Å². The Kier molecular flexibility index (Phi) is 3.60. The summed E-state index contributed by atoms with van der Waals surface area (Å²) in [5, 5.41) is 3.56. The van der Waals surface area contributed by atoms with Crippen molar-refractivity contribution < 1.29 is 0 Å². The van der Waals surface area contributed by atoms with Crippen LogP contribution in [0.4, 0.5) is 11.6 Å². The monoisotopic (exact) mass is 260 g/mol. The topological polar surface area (TPSA) is 31.4 Å². The van der Waals surface area contributed by atoms with Crippen LogP contribution >= 0.6 is 0 Å². The molecule has 1 saturated carbocycles. The Hall–Kier alpha value is -1.29. The first-order chi connectivity index (χ1) is 9.20. The molecule has 4 heteroatoms. The summed E-state index contributed by atoms with van der Waals surface area (Å²) >= 11 is 0. The fourth-order valence-corrected chi connectivity index (χ4v) is 2.68. The van der Waals surface area contributed by atoms with Crippen molar-refractivity contribution in [3.8, 4) is 0 Å². The quantitative estimate of drug-likeness (QED) is 0.902. The Bertz CT molecular complexity index is 434. The van der Waals surface area contributed by atoms with E-state index in [1.807, 2.05) is 0 Å². The fourth-order valence-electron chi connectivity index (χ4n) is 2.68. The summed E-state index contributed by atoms with van der Waals surface area (Å²) in [4.78, 5) is 9.58. The molecular formula is C15H24N4. The van der Waals surface area contributed by atoms with E-state index >= 15 is 0 Å². The highest BCUT2D eigenvalue weighted by molar-refractivity contribution is 5.51. The van der Waals surface area contributed by atoms with Crippen molar-refractivity contribution in [1.82, 2.24) is 9.88 Å². The van der Waals surface area contributed by atoms with Crippen molar-refractivity contribution in [3.63, 3.8) is 0 Å². The summed E-state index contributed by atoms with van der Waals surface area (Å²) in [6, 6.07) is 5.02. The van der Waals surface area contributed by atoms with Crippen molar-refractivity contribution in [3.05, 3.63) is 17.7 Å². The highest BCUT2D eigenvalue weighted by Crippen LogP contribution is 2.25. The lowest BCUT2D eigenvalue weighted by Gasteiger charge is -2.34. The van der Waals surface area contributed by atoms with E-state index in [2.05, 4.69) is 41.2 Å². The van der Waals surface area contributed by atoms with Crippen LogP contribution in [0.1, 0.15) is 24.8 Å². The number of nitrogens with one attached hydrogen (secondary N) is 1. The Morgan fingerprint density at radius 1 is 1.16 bits per heavy atom. The van der Waals surface area contributed by atoms with Gasteiger partial charge >= 0.3 is 0 Å². The highest BCUT2D eigenvalue weighted by Gasteiger charge is 2.19. The fraction of sp³-hybridized carbons (Fsp3) is 0.667. The van der Waals surface area contributed by atoms with Crippen LogP contribution in [0.3, 0.4) is 0 Å². The van der Waals surface area contributed by atoms with Crippen LogP contribution < -0.4 is 10.2 Å². The standard InChI is InChI=1S/C15H24N4/c1-12-10-14(16-13-4-3-5-13)17-15(11-12)19-8-6-18(2)7-9-19/h10-11,13H,3-9H2,1-2H3,(H,16,17). The number of likely N-dealkylation sites (N-methyl/N-ethyl adjacent to an activating group) is 1. The van der Waals surface area contributed by atoms with Gasteiger partial charge in [0.25, 0.3) is 0 Å². The smallest absolute Gasteiger partial charge is 0.131 e. The maximum absolute atomic E-state index is 4.80. The number of hydrogen-bond acceptors (Lipinski definition) is 4. The number of pyridine rings is 1. The highest BCUT2D eigenvalue weighted by atomic mass is 15.3. The van der Waals surface area contributed by atoms with Crippen LogP contribution in [0.15, 0.2) is 12.1 Å². The van der Waals surface area contributed by atoms with Crippen molar-refractivity contribution >= 4 is 11.6 Å². The molecule has 2 fully saturated rings. The SMILES string of the molecule is Cc1cc(NC2CCC2)nc(N2CCN(C)CC2)c1. The number of nitrogens with zero attached hydrogens (tertiary/aromatic N) is 3. The zero-order chi connectivity index (χ0) is 13.2. The summed E-state index contributed by atoms with van der Waals surface area (Å²) < 4.78 is 0. The zero-order valence-electron chi connectivity index (χ0n) is 12.0. The minimum Gasteiger partial charge on any atom is -0.367 e. The number of piperazine rings is 1. The third-order valence-electron chi connectivity index (χ3n) is 4.24. The molecule has 104 valence electrons. The number of anilines is 2. The summed E-state index contributed by atoms with van der Waals surface area (Å²) in [6.45, 7) is 6.57. The summed E-state index contributed by atoms with van der Waals surface area (Å²) in [5.41, 5.74) is 1.30. The molecule has 2 aliphatic rings. The average Bonchev–Trinajstić information content (AvgIpc) is 2.34. The third-order valence-corrected chi connectivity index (χ3v) is 4.24.